The van der Waals surface area contributed by atoms with E-state index in [-0.39, 0.29) is 11.2 Å². The largest absolute Gasteiger partial charge is 0.345 e. The number of aromatic nitrogens is 2. The number of hydrogen-bond acceptors (Lipinski definition) is 3. The number of rotatable bonds is 6. The molecule has 1 aromatic rings. The van der Waals surface area contributed by atoms with Gasteiger partial charge in [-0.15, -0.1) is 0 Å². The van der Waals surface area contributed by atoms with Gasteiger partial charge in [0.25, 0.3) is 0 Å². The molecule has 0 aliphatic heterocycles. The first-order valence-corrected chi connectivity index (χ1v) is 6.83. The van der Waals surface area contributed by atoms with Crippen molar-refractivity contribution in [1.82, 2.24) is 14.5 Å². The van der Waals surface area contributed by atoms with Gasteiger partial charge in [0.15, 0.2) is 5.16 Å². The zero-order valence-corrected chi connectivity index (χ0v) is 11.8. The van der Waals surface area contributed by atoms with Crippen LogP contribution in [0.4, 0.5) is 0 Å². The second-order valence-electron chi connectivity index (χ2n) is 4.19. The summed E-state index contributed by atoms with van der Waals surface area (Å²) in [7, 11) is 3.81. The third-order valence-electron chi connectivity index (χ3n) is 2.63. The normalized spacial score (nSPS) is 12.5. The molecule has 4 nitrogen and oxygen atoms in total. The Morgan fingerprint density at radius 2 is 2.35 bits per heavy atom. The first kappa shape index (κ1) is 14.1. The molecule has 1 unspecified atom stereocenters. The third kappa shape index (κ3) is 4.07. The summed E-state index contributed by atoms with van der Waals surface area (Å²) in [5.41, 5.74) is 0. The molecule has 0 aliphatic rings. The molecule has 0 saturated heterocycles. The second kappa shape index (κ2) is 6.69. The van der Waals surface area contributed by atoms with E-state index < -0.39 is 0 Å². The first-order chi connectivity index (χ1) is 8.06. The quantitative estimate of drug-likeness (QED) is 0.731. The predicted molar refractivity (Wildman–Crippen MR) is 71.1 cm³/mol. The molecule has 17 heavy (non-hydrogen) atoms. The van der Waals surface area contributed by atoms with Gasteiger partial charge in [0.2, 0.25) is 5.91 Å². The molecule has 0 radical (unpaired) electrons. The molecule has 1 heterocycles. The molecule has 0 N–H and O–H groups in total. The minimum absolute atomic E-state index is 0.0852. The summed E-state index contributed by atoms with van der Waals surface area (Å²) in [4.78, 5) is 18.1. The fraction of sp³-hybridized carbons (Fsp3) is 0.667. The molecule has 96 valence electrons. The Morgan fingerprint density at radius 1 is 1.65 bits per heavy atom. The van der Waals surface area contributed by atoms with Gasteiger partial charge >= 0.3 is 0 Å². The monoisotopic (exact) mass is 255 g/mol. The number of nitrogens with zero attached hydrogens (tertiary/aromatic N) is 3. The van der Waals surface area contributed by atoms with Crippen molar-refractivity contribution in [2.24, 2.45) is 7.05 Å². The van der Waals surface area contributed by atoms with Gasteiger partial charge in [0, 0.05) is 33.0 Å². The average molecular weight is 255 g/mol. The van der Waals surface area contributed by atoms with Crippen molar-refractivity contribution in [3.05, 3.63) is 12.4 Å². The highest BCUT2D eigenvalue weighted by Crippen LogP contribution is 2.21. The summed E-state index contributed by atoms with van der Waals surface area (Å²) < 4.78 is 1.93. The van der Waals surface area contributed by atoms with Crippen LogP contribution < -0.4 is 0 Å². The summed E-state index contributed by atoms with van der Waals surface area (Å²) in [5, 5.41) is 0.799. The number of carbonyl (C=O) groups is 1. The molecule has 0 fully saturated rings. The SMILES string of the molecule is CCCCN(C)C(=O)C(C)Sc1nccn1C. The highest BCUT2D eigenvalue weighted by atomic mass is 32.2. The lowest BCUT2D eigenvalue weighted by Crippen LogP contribution is -2.34. The average Bonchev–Trinajstić information content (AvgIpc) is 2.70. The van der Waals surface area contributed by atoms with Gasteiger partial charge in [-0.3, -0.25) is 4.79 Å². The Morgan fingerprint density at radius 3 is 2.88 bits per heavy atom. The van der Waals surface area contributed by atoms with Crippen LogP contribution >= 0.6 is 11.8 Å². The molecule has 5 heteroatoms. The van der Waals surface area contributed by atoms with Gasteiger partial charge in [-0.05, 0) is 13.3 Å². The van der Waals surface area contributed by atoms with Gasteiger partial charge < -0.3 is 9.47 Å². The van der Waals surface area contributed by atoms with Gasteiger partial charge in [-0.25, -0.2) is 4.98 Å². The summed E-state index contributed by atoms with van der Waals surface area (Å²) in [6.45, 7) is 4.90. The van der Waals surface area contributed by atoms with Crippen molar-refractivity contribution in [2.45, 2.75) is 37.1 Å². The maximum Gasteiger partial charge on any atom is 0.235 e. The Hall–Kier alpha value is -0.970. The number of thioether (sulfide) groups is 1. The van der Waals surface area contributed by atoms with E-state index in [1.807, 2.05) is 36.7 Å². The lowest BCUT2D eigenvalue weighted by atomic mass is 10.3. The third-order valence-corrected chi connectivity index (χ3v) is 3.79. The van der Waals surface area contributed by atoms with E-state index in [1.165, 1.54) is 11.8 Å². The maximum atomic E-state index is 12.1. The van der Waals surface area contributed by atoms with Crippen LogP contribution in [-0.4, -0.2) is 39.2 Å². The predicted octanol–water partition coefficient (Wildman–Crippen LogP) is 2.16. The van der Waals surface area contributed by atoms with Crippen LogP contribution in [-0.2, 0) is 11.8 Å². The molecule has 1 amide bonds. The van der Waals surface area contributed by atoms with Gasteiger partial charge in [-0.2, -0.15) is 0 Å². The molecular weight excluding hydrogens is 234 g/mol. The molecule has 0 spiro atoms. The highest BCUT2D eigenvalue weighted by Gasteiger charge is 2.19. The lowest BCUT2D eigenvalue weighted by Gasteiger charge is -2.20. The number of hydrogen-bond donors (Lipinski definition) is 0. The van der Waals surface area contributed by atoms with Crippen LogP contribution in [0.1, 0.15) is 26.7 Å². The summed E-state index contributed by atoms with van der Waals surface area (Å²) >= 11 is 1.51. The smallest absolute Gasteiger partial charge is 0.235 e. The van der Waals surface area contributed by atoms with Crippen molar-refractivity contribution in [3.8, 4) is 0 Å². The minimum Gasteiger partial charge on any atom is -0.345 e. The fourth-order valence-corrected chi connectivity index (χ4v) is 2.44. The Labute approximate surface area is 107 Å². The highest BCUT2D eigenvalue weighted by molar-refractivity contribution is 8.00. The van der Waals surface area contributed by atoms with E-state index in [0.717, 1.165) is 24.5 Å². The molecule has 0 aliphatic carbocycles. The fourth-order valence-electron chi connectivity index (χ4n) is 1.49. The van der Waals surface area contributed by atoms with E-state index in [2.05, 4.69) is 11.9 Å². The maximum absolute atomic E-state index is 12.1. The van der Waals surface area contributed by atoms with Crippen LogP contribution in [0.25, 0.3) is 0 Å². The van der Waals surface area contributed by atoms with Crippen molar-refractivity contribution in [3.63, 3.8) is 0 Å². The number of imidazole rings is 1. The number of unbranched alkanes of at least 4 members (excludes halogenated alkanes) is 1. The van der Waals surface area contributed by atoms with Gasteiger partial charge in [-0.1, -0.05) is 25.1 Å². The number of carbonyl (C=O) groups excluding carboxylic acids is 1. The zero-order chi connectivity index (χ0) is 12.8. The number of amides is 1. The van der Waals surface area contributed by atoms with Crippen molar-refractivity contribution in [1.29, 1.82) is 0 Å². The van der Waals surface area contributed by atoms with Crippen LogP contribution in [0.3, 0.4) is 0 Å². The minimum atomic E-state index is -0.0852. The van der Waals surface area contributed by atoms with E-state index >= 15 is 0 Å². The van der Waals surface area contributed by atoms with E-state index in [9.17, 15) is 4.79 Å². The molecule has 1 aromatic heterocycles. The Balaban J connectivity index is 2.49. The van der Waals surface area contributed by atoms with Gasteiger partial charge in [0.1, 0.15) is 0 Å². The van der Waals surface area contributed by atoms with Crippen molar-refractivity contribution >= 4 is 17.7 Å². The molecule has 1 atom stereocenters. The first-order valence-electron chi connectivity index (χ1n) is 5.95. The van der Waals surface area contributed by atoms with E-state index in [4.69, 9.17) is 0 Å². The Bertz CT molecular complexity index is 364. The number of aryl methyl sites for hydroxylation is 1. The molecule has 0 saturated carbocycles. The lowest BCUT2D eigenvalue weighted by molar-refractivity contribution is -0.129. The summed E-state index contributed by atoms with van der Waals surface area (Å²) in [5.74, 6) is 0.173. The molecule has 0 bridgehead atoms. The molecular formula is C12H21N3OS. The molecule has 0 aromatic carbocycles. The van der Waals surface area contributed by atoms with Crippen LogP contribution in [0.15, 0.2) is 17.6 Å². The summed E-state index contributed by atoms with van der Waals surface area (Å²) in [6, 6.07) is 0. The van der Waals surface area contributed by atoms with Crippen LogP contribution in [0.2, 0.25) is 0 Å². The second-order valence-corrected chi connectivity index (χ2v) is 5.50. The van der Waals surface area contributed by atoms with E-state index in [1.54, 1.807) is 6.20 Å². The topological polar surface area (TPSA) is 38.1 Å². The standard InChI is InChI=1S/C12H21N3OS/c1-5-6-8-14(3)11(16)10(2)17-12-13-7-9-15(12)4/h7,9-10H,5-6,8H2,1-4H3. The van der Waals surface area contributed by atoms with Gasteiger partial charge in [0.05, 0.1) is 5.25 Å². The Kier molecular flexibility index (Phi) is 5.55. The van der Waals surface area contributed by atoms with E-state index in [0.29, 0.717) is 0 Å². The zero-order valence-electron chi connectivity index (χ0n) is 11.0. The van der Waals surface area contributed by atoms with Crippen LogP contribution in [0, 0.1) is 0 Å². The van der Waals surface area contributed by atoms with Crippen molar-refractivity contribution in [2.75, 3.05) is 13.6 Å². The summed E-state index contributed by atoms with van der Waals surface area (Å²) in [6.07, 6.45) is 5.81. The van der Waals surface area contributed by atoms with Crippen molar-refractivity contribution < 1.29 is 4.79 Å². The van der Waals surface area contributed by atoms with Crippen LogP contribution in [0.5, 0.6) is 0 Å². The molecule has 1 rings (SSSR count).